The van der Waals surface area contributed by atoms with Crippen molar-refractivity contribution >= 4 is 37.1 Å². The van der Waals surface area contributed by atoms with E-state index in [0.717, 1.165) is 6.07 Å². The second kappa shape index (κ2) is 5.54. The fourth-order valence-corrected chi connectivity index (χ4v) is 5.11. The Hall–Kier alpha value is -1.61. The molecule has 0 aliphatic heterocycles. The summed E-state index contributed by atoms with van der Waals surface area (Å²) < 4.78 is 48.7. The maximum absolute atomic E-state index is 12.8. The number of halogens is 1. The highest BCUT2D eigenvalue weighted by atomic mass is 35.5. The Labute approximate surface area is 133 Å². The highest BCUT2D eigenvalue weighted by Crippen LogP contribution is 2.32. The molecule has 0 spiro atoms. The molecule has 6 nitrogen and oxygen atoms in total. The quantitative estimate of drug-likeness (QED) is 0.807. The van der Waals surface area contributed by atoms with Crippen LogP contribution in [-0.4, -0.2) is 16.8 Å². The molecule has 0 saturated heterocycles. The topological polar surface area (TPSA) is 120 Å². The average molecular weight is 361 g/mol. The van der Waals surface area contributed by atoms with Gasteiger partial charge in [-0.25, -0.2) is 22.0 Å². The second-order valence-electron chi connectivity index (χ2n) is 4.63. The average Bonchev–Trinajstić information content (AvgIpc) is 2.41. The largest absolute Gasteiger partial charge is 0.398 e. The van der Waals surface area contributed by atoms with E-state index in [1.54, 1.807) is 6.92 Å². The number of sulfonamides is 1. The molecule has 0 aliphatic rings. The van der Waals surface area contributed by atoms with Gasteiger partial charge in [-0.3, -0.25) is 0 Å². The molecule has 0 aromatic heterocycles. The first kappa shape index (κ1) is 16.8. The molecule has 0 aliphatic carbocycles. The van der Waals surface area contributed by atoms with Gasteiger partial charge in [0.25, 0.3) is 0 Å². The minimum atomic E-state index is -4.19. The van der Waals surface area contributed by atoms with E-state index in [4.69, 9.17) is 22.5 Å². The van der Waals surface area contributed by atoms with Crippen molar-refractivity contribution in [2.45, 2.75) is 21.6 Å². The zero-order chi connectivity index (χ0) is 16.7. The van der Waals surface area contributed by atoms with Crippen molar-refractivity contribution in [1.29, 1.82) is 0 Å². The highest BCUT2D eigenvalue weighted by Gasteiger charge is 2.27. The van der Waals surface area contributed by atoms with E-state index >= 15 is 0 Å². The summed E-state index contributed by atoms with van der Waals surface area (Å²) in [7, 11) is -8.31. The fourth-order valence-electron chi connectivity index (χ4n) is 2.00. The Morgan fingerprint density at radius 3 is 2.05 bits per heavy atom. The normalized spacial score (nSPS) is 12.3. The van der Waals surface area contributed by atoms with Crippen LogP contribution in [0.5, 0.6) is 0 Å². The lowest BCUT2D eigenvalue weighted by atomic mass is 10.2. The van der Waals surface area contributed by atoms with Gasteiger partial charge in [0.2, 0.25) is 19.9 Å². The standard InChI is InChI=1S/C13H13ClN2O4S2/c1-8-6-10(15)9(14)7-13(8)21(17,18)11-4-2-3-5-12(11)22(16,19)20/h2-7H,15H2,1H3,(H2,16,19,20). The van der Waals surface area contributed by atoms with Gasteiger partial charge < -0.3 is 5.73 Å². The van der Waals surface area contributed by atoms with E-state index in [0.29, 0.717) is 5.56 Å². The summed E-state index contributed by atoms with van der Waals surface area (Å²) in [5.41, 5.74) is 6.22. The van der Waals surface area contributed by atoms with Crippen LogP contribution < -0.4 is 10.9 Å². The zero-order valence-electron chi connectivity index (χ0n) is 11.4. The van der Waals surface area contributed by atoms with Crippen LogP contribution in [0.3, 0.4) is 0 Å². The van der Waals surface area contributed by atoms with Crippen LogP contribution >= 0.6 is 11.6 Å². The third kappa shape index (κ3) is 2.95. The summed E-state index contributed by atoms with van der Waals surface area (Å²) in [5, 5.41) is 5.15. The van der Waals surface area contributed by atoms with Gasteiger partial charge in [-0.1, -0.05) is 23.7 Å². The molecular weight excluding hydrogens is 348 g/mol. The molecule has 2 rings (SSSR count). The van der Waals surface area contributed by atoms with Gasteiger partial charge in [0.05, 0.1) is 20.5 Å². The summed E-state index contributed by atoms with van der Waals surface area (Å²) in [4.78, 5) is -0.994. The minimum Gasteiger partial charge on any atom is -0.398 e. The number of hydrogen-bond acceptors (Lipinski definition) is 5. The number of aryl methyl sites for hydroxylation is 1. The number of sulfone groups is 1. The predicted octanol–water partition coefficient (Wildman–Crippen LogP) is 1.71. The summed E-state index contributed by atoms with van der Waals surface area (Å²) in [6.07, 6.45) is 0. The van der Waals surface area contributed by atoms with Crippen LogP contribution in [-0.2, 0) is 19.9 Å². The van der Waals surface area contributed by atoms with Crippen LogP contribution in [0.2, 0.25) is 5.02 Å². The minimum absolute atomic E-state index is 0.0669. The molecule has 2 aromatic carbocycles. The monoisotopic (exact) mass is 360 g/mol. The van der Waals surface area contributed by atoms with Gasteiger partial charge in [0.1, 0.15) is 4.90 Å². The van der Waals surface area contributed by atoms with Crippen LogP contribution in [0.4, 0.5) is 5.69 Å². The zero-order valence-corrected chi connectivity index (χ0v) is 13.8. The van der Waals surface area contributed by atoms with E-state index in [1.807, 2.05) is 0 Å². The Morgan fingerprint density at radius 1 is 0.955 bits per heavy atom. The first-order valence-electron chi connectivity index (χ1n) is 5.97. The van der Waals surface area contributed by atoms with Gasteiger partial charge in [0.15, 0.2) is 0 Å². The maximum atomic E-state index is 12.8. The van der Waals surface area contributed by atoms with Gasteiger partial charge >= 0.3 is 0 Å². The molecule has 0 saturated carbocycles. The van der Waals surface area contributed by atoms with E-state index in [9.17, 15) is 16.8 Å². The van der Waals surface area contributed by atoms with E-state index < -0.39 is 29.7 Å². The maximum Gasteiger partial charge on any atom is 0.239 e. The second-order valence-corrected chi connectivity index (χ2v) is 8.46. The van der Waals surface area contributed by atoms with Gasteiger partial charge in [0, 0.05) is 0 Å². The van der Waals surface area contributed by atoms with E-state index in [-0.39, 0.29) is 15.6 Å². The molecular formula is C13H13ClN2O4S2. The molecule has 2 aromatic rings. The van der Waals surface area contributed by atoms with Crippen molar-refractivity contribution in [3.63, 3.8) is 0 Å². The van der Waals surface area contributed by atoms with Crippen molar-refractivity contribution in [2.24, 2.45) is 5.14 Å². The molecule has 118 valence electrons. The molecule has 0 atom stereocenters. The van der Waals surface area contributed by atoms with E-state index in [2.05, 4.69) is 0 Å². The molecule has 0 amide bonds. The van der Waals surface area contributed by atoms with Crippen molar-refractivity contribution in [2.75, 3.05) is 5.73 Å². The highest BCUT2D eigenvalue weighted by molar-refractivity contribution is 7.93. The first-order valence-corrected chi connectivity index (χ1v) is 9.38. The third-order valence-electron chi connectivity index (χ3n) is 3.03. The Bertz CT molecular complexity index is 954. The Kier molecular flexibility index (Phi) is 4.22. The van der Waals surface area contributed by atoms with Gasteiger partial charge in [-0.15, -0.1) is 0 Å². The third-order valence-corrected chi connectivity index (χ3v) is 6.41. The first-order chi connectivity index (χ1) is 10.0. The van der Waals surface area contributed by atoms with Gasteiger partial charge in [-0.05, 0) is 36.8 Å². The molecule has 0 unspecified atom stereocenters. The molecule has 0 radical (unpaired) electrons. The molecule has 9 heteroatoms. The lowest BCUT2D eigenvalue weighted by Crippen LogP contribution is -2.17. The molecule has 0 fully saturated rings. The smallest absolute Gasteiger partial charge is 0.239 e. The summed E-state index contributed by atoms with van der Waals surface area (Å²) in [6, 6.07) is 7.73. The lowest BCUT2D eigenvalue weighted by Gasteiger charge is -2.12. The molecule has 0 heterocycles. The van der Waals surface area contributed by atoms with Crippen molar-refractivity contribution in [1.82, 2.24) is 0 Å². The fraction of sp³-hybridized carbons (Fsp3) is 0.0769. The number of nitrogens with two attached hydrogens (primary N) is 2. The van der Waals surface area contributed by atoms with Crippen LogP contribution in [0.15, 0.2) is 51.1 Å². The van der Waals surface area contributed by atoms with Gasteiger partial charge in [-0.2, -0.15) is 0 Å². The van der Waals surface area contributed by atoms with Crippen molar-refractivity contribution in [3.05, 3.63) is 47.0 Å². The summed E-state index contributed by atoms with van der Waals surface area (Å²) in [6.45, 7) is 1.54. The number of rotatable bonds is 3. The summed E-state index contributed by atoms with van der Waals surface area (Å²) in [5.74, 6) is 0. The number of anilines is 1. The Morgan fingerprint density at radius 2 is 1.50 bits per heavy atom. The van der Waals surface area contributed by atoms with Crippen LogP contribution in [0.1, 0.15) is 5.56 Å². The number of nitrogen functional groups attached to an aromatic ring is 1. The Balaban J connectivity index is 2.81. The number of hydrogen-bond donors (Lipinski definition) is 2. The number of primary sulfonamides is 1. The molecule has 22 heavy (non-hydrogen) atoms. The molecule has 4 N–H and O–H groups in total. The molecule has 0 bridgehead atoms. The summed E-state index contributed by atoms with van der Waals surface area (Å²) >= 11 is 5.88. The SMILES string of the molecule is Cc1cc(N)c(Cl)cc1S(=O)(=O)c1ccccc1S(N)(=O)=O. The van der Waals surface area contributed by atoms with Crippen LogP contribution in [0, 0.1) is 6.92 Å². The number of benzene rings is 2. The predicted molar refractivity (Wildman–Crippen MR) is 83.9 cm³/mol. The van der Waals surface area contributed by atoms with Crippen LogP contribution in [0.25, 0.3) is 0 Å². The van der Waals surface area contributed by atoms with Crippen molar-refractivity contribution < 1.29 is 16.8 Å². The van der Waals surface area contributed by atoms with E-state index in [1.165, 1.54) is 30.3 Å². The lowest BCUT2D eigenvalue weighted by molar-refractivity contribution is 0.583. The van der Waals surface area contributed by atoms with Crippen molar-refractivity contribution in [3.8, 4) is 0 Å².